The van der Waals surface area contributed by atoms with Gasteiger partial charge in [0.15, 0.2) is 0 Å². The molecule has 0 aromatic heterocycles. The van der Waals surface area contributed by atoms with Crippen molar-refractivity contribution < 1.29 is 9.18 Å². The summed E-state index contributed by atoms with van der Waals surface area (Å²) in [6.07, 6.45) is 3.77. The number of likely N-dealkylation sites (N-methyl/N-ethyl adjacent to an activating group) is 1. The third kappa shape index (κ3) is 4.78. The fourth-order valence-corrected chi connectivity index (χ4v) is 1.32. The van der Waals surface area contributed by atoms with Crippen LogP contribution in [0, 0.1) is 5.82 Å². The Kier molecular flexibility index (Phi) is 5.36. The summed E-state index contributed by atoms with van der Waals surface area (Å²) in [7, 11) is 1.61. The number of nitrogens with one attached hydrogen (secondary N) is 2. The number of rotatable bonds is 5. The molecule has 0 saturated carbocycles. The summed E-state index contributed by atoms with van der Waals surface area (Å²) >= 11 is 0. The number of halogens is 1. The van der Waals surface area contributed by atoms with Crippen LogP contribution in [0.15, 0.2) is 30.3 Å². The first-order chi connectivity index (χ1) is 8.13. The maximum atomic E-state index is 12.6. The fourth-order valence-electron chi connectivity index (χ4n) is 1.32. The maximum Gasteiger partial charge on any atom is 0.236 e. The van der Waals surface area contributed by atoms with Crippen molar-refractivity contribution in [1.82, 2.24) is 10.6 Å². The van der Waals surface area contributed by atoms with Gasteiger partial charge in [-0.3, -0.25) is 4.79 Å². The van der Waals surface area contributed by atoms with Crippen molar-refractivity contribution in [2.75, 3.05) is 13.6 Å². The molecule has 1 rings (SSSR count). The van der Waals surface area contributed by atoms with Gasteiger partial charge in [0, 0.05) is 13.6 Å². The van der Waals surface area contributed by atoms with Crippen LogP contribution in [0.3, 0.4) is 0 Å². The van der Waals surface area contributed by atoms with Gasteiger partial charge in [-0.15, -0.1) is 0 Å². The van der Waals surface area contributed by atoms with E-state index in [0.717, 1.165) is 5.56 Å². The van der Waals surface area contributed by atoms with Crippen molar-refractivity contribution in [3.05, 3.63) is 41.7 Å². The number of benzene rings is 1. The van der Waals surface area contributed by atoms with Gasteiger partial charge in [0.25, 0.3) is 0 Å². The lowest BCUT2D eigenvalue weighted by Gasteiger charge is -2.09. The SMILES string of the molecule is CNC(=O)[C@@H](C)NCC=Cc1ccc(F)cc1. The molecule has 4 heteroatoms. The van der Waals surface area contributed by atoms with Crippen LogP contribution in [0.4, 0.5) is 4.39 Å². The lowest BCUT2D eigenvalue weighted by molar-refractivity contribution is -0.122. The Morgan fingerprint density at radius 2 is 2.06 bits per heavy atom. The van der Waals surface area contributed by atoms with E-state index < -0.39 is 0 Å². The van der Waals surface area contributed by atoms with E-state index in [1.807, 2.05) is 12.2 Å². The normalized spacial score (nSPS) is 12.6. The minimum Gasteiger partial charge on any atom is -0.358 e. The molecule has 0 heterocycles. The first-order valence-corrected chi connectivity index (χ1v) is 5.50. The lowest BCUT2D eigenvalue weighted by atomic mass is 10.2. The van der Waals surface area contributed by atoms with E-state index in [4.69, 9.17) is 0 Å². The van der Waals surface area contributed by atoms with Crippen molar-refractivity contribution in [2.24, 2.45) is 0 Å². The Morgan fingerprint density at radius 1 is 1.41 bits per heavy atom. The van der Waals surface area contributed by atoms with Gasteiger partial charge < -0.3 is 10.6 Å². The molecule has 17 heavy (non-hydrogen) atoms. The molecule has 1 aromatic carbocycles. The predicted octanol–water partition coefficient (Wildman–Crippen LogP) is 1.56. The first-order valence-electron chi connectivity index (χ1n) is 5.50. The third-order valence-corrected chi connectivity index (χ3v) is 2.36. The number of carbonyl (C=O) groups is 1. The van der Waals surface area contributed by atoms with Gasteiger partial charge in [-0.1, -0.05) is 24.3 Å². The first kappa shape index (κ1) is 13.4. The Balaban J connectivity index is 2.36. The maximum absolute atomic E-state index is 12.6. The quantitative estimate of drug-likeness (QED) is 0.814. The highest BCUT2D eigenvalue weighted by Gasteiger charge is 2.07. The molecule has 0 spiro atoms. The molecule has 1 aromatic rings. The minimum atomic E-state index is -0.242. The Hall–Kier alpha value is -1.68. The summed E-state index contributed by atoms with van der Waals surface area (Å²) in [5, 5.41) is 5.60. The van der Waals surface area contributed by atoms with Crippen LogP contribution in [0.1, 0.15) is 12.5 Å². The second kappa shape index (κ2) is 6.81. The van der Waals surface area contributed by atoms with Gasteiger partial charge in [-0.25, -0.2) is 4.39 Å². The number of carbonyl (C=O) groups excluding carboxylic acids is 1. The van der Waals surface area contributed by atoms with Crippen LogP contribution >= 0.6 is 0 Å². The van der Waals surface area contributed by atoms with Gasteiger partial charge in [0.1, 0.15) is 5.82 Å². The number of hydrogen-bond donors (Lipinski definition) is 2. The molecule has 1 atom stereocenters. The third-order valence-electron chi connectivity index (χ3n) is 2.36. The predicted molar refractivity (Wildman–Crippen MR) is 67.0 cm³/mol. The van der Waals surface area contributed by atoms with Gasteiger partial charge in [-0.2, -0.15) is 0 Å². The summed E-state index contributed by atoms with van der Waals surface area (Å²) < 4.78 is 12.6. The van der Waals surface area contributed by atoms with E-state index in [0.29, 0.717) is 6.54 Å². The highest BCUT2D eigenvalue weighted by Crippen LogP contribution is 2.04. The average molecular weight is 236 g/mol. The molecule has 3 nitrogen and oxygen atoms in total. The van der Waals surface area contributed by atoms with Crippen LogP contribution in [-0.2, 0) is 4.79 Å². The van der Waals surface area contributed by atoms with Crippen LogP contribution < -0.4 is 10.6 Å². The summed E-state index contributed by atoms with van der Waals surface area (Å²) in [6.45, 7) is 2.39. The molecular formula is C13H17FN2O. The summed E-state index contributed by atoms with van der Waals surface area (Å²) in [6, 6.07) is 6.01. The molecule has 0 aliphatic rings. The standard InChI is InChI=1S/C13H17FN2O/c1-10(13(17)15-2)16-9-3-4-11-5-7-12(14)8-6-11/h3-8,10,16H,9H2,1-2H3,(H,15,17)/t10-/m1/s1. The van der Waals surface area contributed by atoms with Gasteiger partial charge in [0.05, 0.1) is 6.04 Å². The molecule has 0 unspecified atom stereocenters. The molecule has 0 aliphatic carbocycles. The average Bonchev–Trinajstić information content (AvgIpc) is 2.35. The highest BCUT2D eigenvalue weighted by molar-refractivity contribution is 5.80. The van der Waals surface area contributed by atoms with E-state index in [2.05, 4.69) is 10.6 Å². The smallest absolute Gasteiger partial charge is 0.236 e. The zero-order valence-corrected chi connectivity index (χ0v) is 10.0. The Labute approximate surface area is 101 Å². The molecule has 92 valence electrons. The van der Waals surface area contributed by atoms with E-state index in [-0.39, 0.29) is 17.8 Å². The van der Waals surface area contributed by atoms with Gasteiger partial charge in [-0.05, 0) is 24.6 Å². The van der Waals surface area contributed by atoms with Crippen molar-refractivity contribution in [3.63, 3.8) is 0 Å². The molecule has 1 amide bonds. The summed E-state index contributed by atoms with van der Waals surface area (Å²) in [5.74, 6) is -0.284. The van der Waals surface area contributed by atoms with Crippen molar-refractivity contribution in [1.29, 1.82) is 0 Å². The zero-order chi connectivity index (χ0) is 12.7. The topological polar surface area (TPSA) is 41.1 Å². The molecule has 0 bridgehead atoms. The second-order valence-electron chi connectivity index (χ2n) is 3.70. The minimum absolute atomic E-state index is 0.0415. The Morgan fingerprint density at radius 3 is 2.65 bits per heavy atom. The van der Waals surface area contributed by atoms with Crippen molar-refractivity contribution >= 4 is 12.0 Å². The van der Waals surface area contributed by atoms with E-state index in [9.17, 15) is 9.18 Å². The van der Waals surface area contributed by atoms with Crippen LogP contribution in [-0.4, -0.2) is 25.5 Å². The molecule has 0 aliphatic heterocycles. The fraction of sp³-hybridized carbons (Fsp3) is 0.308. The Bertz CT molecular complexity index is 387. The summed E-state index contributed by atoms with van der Waals surface area (Å²) in [5.41, 5.74) is 0.931. The van der Waals surface area contributed by atoms with E-state index in [1.54, 1.807) is 26.1 Å². The van der Waals surface area contributed by atoms with Crippen LogP contribution in [0.25, 0.3) is 6.08 Å². The molecule has 2 N–H and O–H groups in total. The monoisotopic (exact) mass is 236 g/mol. The molecule has 0 fully saturated rings. The lowest BCUT2D eigenvalue weighted by Crippen LogP contribution is -2.40. The second-order valence-corrected chi connectivity index (χ2v) is 3.70. The number of hydrogen-bond acceptors (Lipinski definition) is 2. The van der Waals surface area contributed by atoms with Crippen LogP contribution in [0.5, 0.6) is 0 Å². The number of amides is 1. The van der Waals surface area contributed by atoms with Crippen LogP contribution in [0.2, 0.25) is 0 Å². The van der Waals surface area contributed by atoms with Gasteiger partial charge in [0.2, 0.25) is 5.91 Å². The molecule has 0 radical (unpaired) electrons. The zero-order valence-electron chi connectivity index (χ0n) is 10.0. The molecule has 0 saturated heterocycles. The van der Waals surface area contributed by atoms with E-state index in [1.165, 1.54) is 12.1 Å². The van der Waals surface area contributed by atoms with Gasteiger partial charge >= 0.3 is 0 Å². The molecular weight excluding hydrogens is 219 g/mol. The summed E-state index contributed by atoms with van der Waals surface area (Å²) in [4.78, 5) is 11.2. The van der Waals surface area contributed by atoms with E-state index >= 15 is 0 Å². The largest absolute Gasteiger partial charge is 0.358 e. The highest BCUT2D eigenvalue weighted by atomic mass is 19.1. The van der Waals surface area contributed by atoms with Crippen molar-refractivity contribution in [3.8, 4) is 0 Å². The van der Waals surface area contributed by atoms with Crippen molar-refractivity contribution in [2.45, 2.75) is 13.0 Å².